The highest BCUT2D eigenvalue weighted by molar-refractivity contribution is 14.1. The van der Waals surface area contributed by atoms with Gasteiger partial charge in [-0.15, -0.1) is 0 Å². The van der Waals surface area contributed by atoms with Crippen LogP contribution in [0, 0.1) is 14.9 Å². The fourth-order valence-corrected chi connectivity index (χ4v) is 2.95. The van der Waals surface area contributed by atoms with Crippen LogP contribution in [0.2, 0.25) is 0 Å². The van der Waals surface area contributed by atoms with Crippen LogP contribution < -0.4 is 14.8 Å². The Kier molecular flexibility index (Phi) is 6.86. The molecule has 0 bridgehead atoms. The van der Waals surface area contributed by atoms with Crippen molar-refractivity contribution in [1.29, 1.82) is 5.26 Å². The lowest BCUT2D eigenvalue weighted by Gasteiger charge is -2.12. The van der Waals surface area contributed by atoms with Crippen molar-refractivity contribution in [3.05, 3.63) is 51.1 Å². The average Bonchev–Trinajstić information content (AvgIpc) is 2.63. The summed E-state index contributed by atoms with van der Waals surface area (Å²) in [5.41, 5.74) is 1.07. The van der Waals surface area contributed by atoms with Gasteiger partial charge >= 0.3 is 0 Å². The number of nitriles is 1. The number of carbonyl (C=O) groups is 1. The summed E-state index contributed by atoms with van der Waals surface area (Å²) < 4.78 is 11.7. The summed E-state index contributed by atoms with van der Waals surface area (Å²) in [6.07, 6.45) is 1.48. The predicted octanol–water partition coefficient (Wildman–Crippen LogP) is 3.95. The third kappa shape index (κ3) is 4.89. The van der Waals surface area contributed by atoms with E-state index in [0.717, 1.165) is 3.57 Å². The second-order valence-corrected chi connectivity index (χ2v) is 6.30. The summed E-state index contributed by atoms with van der Waals surface area (Å²) in [5.74, 6) is 0.706. The Balaban J connectivity index is 2.30. The minimum atomic E-state index is -0.541. The number of phenolic OH excluding ortho intramolecular Hbond substituents is 1. The van der Waals surface area contributed by atoms with E-state index in [9.17, 15) is 15.2 Å². The summed E-state index contributed by atoms with van der Waals surface area (Å²) in [6.45, 7) is 2.38. The molecular weight excluding hydrogens is 447 g/mol. The molecule has 0 aliphatic carbocycles. The quantitative estimate of drug-likeness (QED) is 0.293. The van der Waals surface area contributed by atoms with E-state index in [1.807, 2.05) is 13.0 Å². The maximum absolute atomic E-state index is 12.3. The Morgan fingerprint density at radius 3 is 2.62 bits per heavy atom. The van der Waals surface area contributed by atoms with E-state index in [4.69, 9.17) is 9.47 Å². The first kappa shape index (κ1) is 19.6. The topological polar surface area (TPSA) is 91.6 Å². The molecule has 2 rings (SSSR count). The van der Waals surface area contributed by atoms with Crippen molar-refractivity contribution in [2.75, 3.05) is 19.0 Å². The van der Waals surface area contributed by atoms with Crippen molar-refractivity contribution in [3.63, 3.8) is 0 Å². The number of nitrogens with one attached hydrogen (secondary N) is 1. The Labute approximate surface area is 165 Å². The SMILES string of the molecule is CCOc1c(I)cc(C=C(C#N)C(=O)Nc2ccc(O)cc2)cc1OC. The Morgan fingerprint density at radius 1 is 1.35 bits per heavy atom. The van der Waals surface area contributed by atoms with Crippen LogP contribution in [-0.2, 0) is 4.79 Å². The zero-order chi connectivity index (χ0) is 19.1. The molecule has 6 nitrogen and oxygen atoms in total. The average molecular weight is 464 g/mol. The lowest BCUT2D eigenvalue weighted by atomic mass is 10.1. The van der Waals surface area contributed by atoms with Crippen LogP contribution in [-0.4, -0.2) is 24.7 Å². The van der Waals surface area contributed by atoms with Gasteiger partial charge < -0.3 is 19.9 Å². The molecular formula is C19H17IN2O4. The molecule has 0 unspecified atom stereocenters. The molecule has 0 fully saturated rings. The molecule has 0 aromatic heterocycles. The highest BCUT2D eigenvalue weighted by Gasteiger charge is 2.13. The maximum Gasteiger partial charge on any atom is 0.266 e. The van der Waals surface area contributed by atoms with Gasteiger partial charge in [-0.1, -0.05) is 0 Å². The van der Waals surface area contributed by atoms with Crippen molar-refractivity contribution >= 4 is 40.3 Å². The fraction of sp³-hybridized carbons (Fsp3) is 0.158. The maximum atomic E-state index is 12.3. The number of benzene rings is 2. The summed E-state index contributed by atoms with van der Waals surface area (Å²) in [7, 11) is 1.53. The molecule has 26 heavy (non-hydrogen) atoms. The van der Waals surface area contributed by atoms with Crippen molar-refractivity contribution in [1.82, 2.24) is 0 Å². The molecule has 0 saturated carbocycles. The number of halogens is 1. The molecule has 2 aromatic carbocycles. The van der Waals surface area contributed by atoms with E-state index in [-0.39, 0.29) is 11.3 Å². The van der Waals surface area contributed by atoms with Crippen LogP contribution >= 0.6 is 22.6 Å². The first-order chi connectivity index (χ1) is 12.5. The van der Waals surface area contributed by atoms with E-state index < -0.39 is 5.91 Å². The third-order valence-electron chi connectivity index (χ3n) is 3.34. The van der Waals surface area contributed by atoms with Gasteiger partial charge in [0.15, 0.2) is 11.5 Å². The minimum Gasteiger partial charge on any atom is -0.508 e. The summed E-state index contributed by atoms with van der Waals surface area (Å²) in [4.78, 5) is 12.3. The molecule has 0 saturated heterocycles. The van der Waals surface area contributed by atoms with Gasteiger partial charge in [0, 0.05) is 5.69 Å². The molecule has 0 heterocycles. The first-order valence-corrected chi connectivity index (χ1v) is 8.78. The second-order valence-electron chi connectivity index (χ2n) is 5.14. The monoisotopic (exact) mass is 464 g/mol. The number of anilines is 1. The molecule has 134 valence electrons. The van der Waals surface area contributed by atoms with Crippen LogP contribution in [0.3, 0.4) is 0 Å². The van der Waals surface area contributed by atoms with Gasteiger partial charge in [-0.05, 0) is 77.6 Å². The number of hydrogen-bond donors (Lipinski definition) is 2. The van der Waals surface area contributed by atoms with Gasteiger partial charge in [-0.3, -0.25) is 4.79 Å². The van der Waals surface area contributed by atoms with Crippen molar-refractivity contribution in [2.45, 2.75) is 6.92 Å². The highest BCUT2D eigenvalue weighted by atomic mass is 127. The van der Waals surface area contributed by atoms with Gasteiger partial charge in [0.1, 0.15) is 17.4 Å². The number of hydrogen-bond acceptors (Lipinski definition) is 5. The van der Waals surface area contributed by atoms with Crippen molar-refractivity contribution < 1.29 is 19.4 Å². The Morgan fingerprint density at radius 2 is 2.04 bits per heavy atom. The molecule has 2 aromatic rings. The fourth-order valence-electron chi connectivity index (χ4n) is 2.17. The highest BCUT2D eigenvalue weighted by Crippen LogP contribution is 2.34. The largest absolute Gasteiger partial charge is 0.508 e. The molecule has 0 atom stereocenters. The summed E-state index contributed by atoms with van der Waals surface area (Å²) >= 11 is 2.11. The zero-order valence-electron chi connectivity index (χ0n) is 14.2. The Hall–Kier alpha value is -2.73. The zero-order valence-corrected chi connectivity index (χ0v) is 16.4. The minimum absolute atomic E-state index is 0.0555. The normalized spacial score (nSPS) is 10.8. The van der Waals surface area contributed by atoms with Crippen LogP contribution in [0.25, 0.3) is 6.08 Å². The molecule has 0 radical (unpaired) electrons. The van der Waals surface area contributed by atoms with E-state index in [1.54, 1.807) is 24.3 Å². The van der Waals surface area contributed by atoms with Crippen LogP contribution in [0.4, 0.5) is 5.69 Å². The third-order valence-corrected chi connectivity index (χ3v) is 4.14. The standard InChI is InChI=1S/C19H17IN2O4/c1-3-26-18-16(20)9-12(10-17(18)25-2)8-13(11-21)19(24)22-14-4-6-15(23)7-5-14/h4-10,23H,3H2,1-2H3,(H,22,24). The first-order valence-electron chi connectivity index (χ1n) is 7.71. The van der Waals surface area contributed by atoms with E-state index in [1.165, 1.54) is 25.3 Å². The van der Waals surface area contributed by atoms with Crippen LogP contribution in [0.5, 0.6) is 17.2 Å². The predicted molar refractivity (Wildman–Crippen MR) is 107 cm³/mol. The second kappa shape index (κ2) is 9.10. The number of amides is 1. The number of methoxy groups -OCH3 is 1. The summed E-state index contributed by atoms with van der Waals surface area (Å²) in [6, 6.07) is 11.4. The molecule has 0 spiro atoms. The number of ether oxygens (including phenoxy) is 2. The number of rotatable bonds is 6. The van der Waals surface area contributed by atoms with Gasteiger partial charge in [0.25, 0.3) is 5.91 Å². The van der Waals surface area contributed by atoms with Gasteiger partial charge in [-0.25, -0.2) is 0 Å². The lowest BCUT2D eigenvalue weighted by Crippen LogP contribution is -2.13. The van der Waals surface area contributed by atoms with Crippen molar-refractivity contribution in [2.24, 2.45) is 0 Å². The lowest BCUT2D eigenvalue weighted by molar-refractivity contribution is -0.112. The van der Waals surface area contributed by atoms with Gasteiger partial charge in [0.05, 0.1) is 17.3 Å². The van der Waals surface area contributed by atoms with Gasteiger partial charge in [0.2, 0.25) is 0 Å². The Bertz CT molecular complexity index is 870. The van der Waals surface area contributed by atoms with Crippen LogP contribution in [0.15, 0.2) is 42.0 Å². The molecule has 1 amide bonds. The number of carbonyl (C=O) groups excluding carboxylic acids is 1. The van der Waals surface area contributed by atoms with E-state index >= 15 is 0 Å². The molecule has 0 aliphatic rings. The van der Waals surface area contributed by atoms with Crippen LogP contribution in [0.1, 0.15) is 12.5 Å². The molecule has 0 aliphatic heterocycles. The molecule has 2 N–H and O–H groups in total. The van der Waals surface area contributed by atoms with Crippen molar-refractivity contribution in [3.8, 4) is 23.3 Å². The van der Waals surface area contributed by atoms with E-state index in [2.05, 4.69) is 27.9 Å². The number of aromatic hydroxyl groups is 1. The summed E-state index contributed by atoms with van der Waals surface area (Å²) in [5, 5.41) is 21.2. The van der Waals surface area contributed by atoms with Gasteiger partial charge in [-0.2, -0.15) is 5.26 Å². The van der Waals surface area contributed by atoms with E-state index in [0.29, 0.717) is 29.4 Å². The number of nitrogens with zero attached hydrogens (tertiary/aromatic N) is 1. The molecule has 7 heteroatoms. The smallest absolute Gasteiger partial charge is 0.266 e. The number of phenols is 1.